The number of benzene rings is 2. The molecule has 1 fully saturated rings. The number of nitriles is 1. The van der Waals surface area contributed by atoms with Gasteiger partial charge in [0.1, 0.15) is 4.32 Å². The number of nitrogens with zero attached hydrogens (tertiary/aromatic N) is 3. The van der Waals surface area contributed by atoms with E-state index in [1.807, 2.05) is 49.4 Å². The number of hydrogen-bond acceptors (Lipinski definition) is 4. The summed E-state index contributed by atoms with van der Waals surface area (Å²) in [5.41, 5.74) is 4.82. The Morgan fingerprint density at radius 2 is 1.90 bits per heavy atom. The molecule has 0 radical (unpaired) electrons. The van der Waals surface area contributed by atoms with E-state index in [1.165, 1.54) is 11.8 Å². The highest BCUT2D eigenvalue weighted by Crippen LogP contribution is 2.36. The Labute approximate surface area is 185 Å². The zero-order chi connectivity index (χ0) is 21.3. The third-order valence-corrected chi connectivity index (χ3v) is 6.72. The van der Waals surface area contributed by atoms with E-state index in [2.05, 4.69) is 29.7 Å². The molecule has 4 rings (SSSR count). The van der Waals surface area contributed by atoms with Crippen molar-refractivity contribution in [1.82, 2.24) is 9.47 Å². The van der Waals surface area contributed by atoms with Crippen molar-refractivity contribution in [3.8, 4) is 6.07 Å². The number of rotatable bonds is 5. The molecular weight excluding hydrogens is 410 g/mol. The Morgan fingerprint density at radius 3 is 2.67 bits per heavy atom. The SMILES string of the molecule is CCCN1C(=O)/C(=C\c2c(C)n(Cc3ccccc3C#N)c3ccccc23)SC1=S. The molecular formula is C24H21N3OS2. The predicted octanol–water partition coefficient (Wildman–Crippen LogP) is 5.48. The summed E-state index contributed by atoms with van der Waals surface area (Å²) in [6.07, 6.45) is 2.84. The van der Waals surface area contributed by atoms with Crippen LogP contribution in [0.25, 0.3) is 17.0 Å². The van der Waals surface area contributed by atoms with Gasteiger partial charge < -0.3 is 4.57 Å². The van der Waals surface area contributed by atoms with Crippen molar-refractivity contribution in [2.75, 3.05) is 6.54 Å². The second-order valence-corrected chi connectivity index (χ2v) is 8.88. The second kappa shape index (κ2) is 8.47. The molecule has 150 valence electrons. The summed E-state index contributed by atoms with van der Waals surface area (Å²) in [6.45, 7) is 5.35. The van der Waals surface area contributed by atoms with E-state index in [0.29, 0.717) is 27.9 Å². The average molecular weight is 432 g/mol. The van der Waals surface area contributed by atoms with Crippen molar-refractivity contribution in [3.63, 3.8) is 0 Å². The fourth-order valence-corrected chi connectivity index (χ4v) is 5.12. The number of aromatic nitrogens is 1. The molecule has 1 saturated heterocycles. The van der Waals surface area contributed by atoms with E-state index in [4.69, 9.17) is 12.2 Å². The summed E-state index contributed by atoms with van der Waals surface area (Å²) in [4.78, 5) is 15.2. The Kier molecular flexibility index (Phi) is 5.76. The molecule has 0 bridgehead atoms. The molecule has 1 aliphatic rings. The largest absolute Gasteiger partial charge is 0.340 e. The Morgan fingerprint density at radius 1 is 1.17 bits per heavy atom. The first-order valence-electron chi connectivity index (χ1n) is 9.86. The second-order valence-electron chi connectivity index (χ2n) is 7.20. The number of carbonyl (C=O) groups is 1. The summed E-state index contributed by atoms with van der Waals surface area (Å²) in [7, 11) is 0. The molecule has 4 nitrogen and oxygen atoms in total. The molecule has 30 heavy (non-hydrogen) atoms. The third kappa shape index (κ3) is 3.55. The number of para-hydroxylation sites is 1. The van der Waals surface area contributed by atoms with Crippen LogP contribution in [0.5, 0.6) is 0 Å². The van der Waals surface area contributed by atoms with Crippen molar-refractivity contribution in [3.05, 3.63) is 75.8 Å². The number of amides is 1. The Hall–Kier alpha value is -2.88. The van der Waals surface area contributed by atoms with E-state index >= 15 is 0 Å². The summed E-state index contributed by atoms with van der Waals surface area (Å²) in [5.74, 6) is -0.0158. The third-order valence-electron chi connectivity index (χ3n) is 5.34. The summed E-state index contributed by atoms with van der Waals surface area (Å²) >= 11 is 6.79. The number of hydrogen-bond donors (Lipinski definition) is 0. The van der Waals surface area contributed by atoms with Crippen LogP contribution in [0.2, 0.25) is 0 Å². The quantitative estimate of drug-likeness (QED) is 0.396. The van der Waals surface area contributed by atoms with Gasteiger partial charge in [-0.1, -0.05) is 67.3 Å². The normalized spacial score (nSPS) is 15.4. The number of thioether (sulfide) groups is 1. The minimum atomic E-state index is -0.0158. The standard InChI is InChI=1S/C24H21N3OS2/c1-3-12-26-23(28)22(30-24(26)29)13-20-16(2)27(21-11-7-6-10-19(20)21)15-18-9-5-4-8-17(18)14-25/h4-11,13H,3,12,15H2,1-2H3/b22-13+. The molecule has 2 aromatic carbocycles. The minimum absolute atomic E-state index is 0.0158. The van der Waals surface area contributed by atoms with Gasteiger partial charge in [0.05, 0.1) is 16.5 Å². The Balaban J connectivity index is 1.81. The molecule has 1 amide bonds. The number of fused-ring (bicyclic) bond motifs is 1. The molecule has 1 aromatic heterocycles. The van der Waals surface area contributed by atoms with E-state index < -0.39 is 0 Å². The van der Waals surface area contributed by atoms with Crippen molar-refractivity contribution in [1.29, 1.82) is 5.26 Å². The Bertz CT molecular complexity index is 1230. The van der Waals surface area contributed by atoms with Crippen LogP contribution in [0.15, 0.2) is 53.4 Å². The minimum Gasteiger partial charge on any atom is -0.340 e. The van der Waals surface area contributed by atoms with Gasteiger partial charge in [-0.2, -0.15) is 5.26 Å². The fraction of sp³-hybridized carbons (Fsp3) is 0.208. The van der Waals surface area contributed by atoms with Crippen LogP contribution in [-0.4, -0.2) is 26.2 Å². The smallest absolute Gasteiger partial charge is 0.266 e. The molecule has 0 atom stereocenters. The van der Waals surface area contributed by atoms with Gasteiger partial charge in [0.2, 0.25) is 0 Å². The molecule has 6 heteroatoms. The van der Waals surface area contributed by atoms with E-state index in [1.54, 1.807) is 4.90 Å². The number of thiocarbonyl (C=S) groups is 1. The van der Waals surface area contributed by atoms with Crippen molar-refractivity contribution < 1.29 is 4.79 Å². The lowest BCUT2D eigenvalue weighted by molar-refractivity contribution is -0.122. The van der Waals surface area contributed by atoms with Crippen LogP contribution >= 0.6 is 24.0 Å². The molecule has 2 heterocycles. The van der Waals surface area contributed by atoms with E-state index in [0.717, 1.165) is 34.1 Å². The zero-order valence-electron chi connectivity index (χ0n) is 16.9. The van der Waals surface area contributed by atoms with Crippen LogP contribution in [-0.2, 0) is 11.3 Å². The van der Waals surface area contributed by atoms with Crippen molar-refractivity contribution in [2.45, 2.75) is 26.8 Å². The summed E-state index contributed by atoms with van der Waals surface area (Å²) < 4.78 is 2.84. The van der Waals surface area contributed by atoms with Crippen LogP contribution < -0.4 is 0 Å². The molecule has 0 saturated carbocycles. The maximum atomic E-state index is 12.8. The van der Waals surface area contributed by atoms with Gasteiger partial charge in [0.15, 0.2) is 0 Å². The van der Waals surface area contributed by atoms with Gasteiger partial charge in [-0.15, -0.1) is 0 Å². The lowest BCUT2D eigenvalue weighted by Gasteiger charge is -2.12. The van der Waals surface area contributed by atoms with Crippen LogP contribution in [0, 0.1) is 18.3 Å². The summed E-state index contributed by atoms with van der Waals surface area (Å²) in [5, 5.41) is 10.6. The van der Waals surface area contributed by atoms with Gasteiger partial charge in [0.25, 0.3) is 5.91 Å². The summed E-state index contributed by atoms with van der Waals surface area (Å²) in [6, 6.07) is 18.1. The number of carbonyl (C=O) groups excluding carboxylic acids is 1. The first-order valence-corrected chi connectivity index (χ1v) is 11.1. The van der Waals surface area contributed by atoms with Crippen molar-refractivity contribution >= 4 is 51.2 Å². The monoisotopic (exact) mass is 431 g/mol. The molecule has 0 spiro atoms. The molecule has 0 aliphatic carbocycles. The molecule has 0 N–H and O–H groups in total. The van der Waals surface area contributed by atoms with Gasteiger partial charge in [-0.3, -0.25) is 9.69 Å². The highest BCUT2D eigenvalue weighted by molar-refractivity contribution is 8.26. The lowest BCUT2D eigenvalue weighted by atomic mass is 10.1. The van der Waals surface area contributed by atoms with Crippen LogP contribution in [0.4, 0.5) is 0 Å². The molecule has 3 aromatic rings. The van der Waals surface area contributed by atoms with Gasteiger partial charge in [-0.05, 0) is 37.1 Å². The van der Waals surface area contributed by atoms with Gasteiger partial charge in [0, 0.05) is 35.2 Å². The highest BCUT2D eigenvalue weighted by Gasteiger charge is 2.31. The fourth-order valence-electron chi connectivity index (χ4n) is 3.83. The predicted molar refractivity (Wildman–Crippen MR) is 127 cm³/mol. The highest BCUT2D eigenvalue weighted by atomic mass is 32.2. The lowest BCUT2D eigenvalue weighted by Crippen LogP contribution is -2.28. The van der Waals surface area contributed by atoms with Gasteiger partial charge >= 0.3 is 0 Å². The molecule has 1 aliphatic heterocycles. The van der Waals surface area contributed by atoms with E-state index in [-0.39, 0.29) is 5.91 Å². The maximum absolute atomic E-state index is 12.8. The van der Waals surface area contributed by atoms with E-state index in [9.17, 15) is 10.1 Å². The maximum Gasteiger partial charge on any atom is 0.266 e. The first-order chi connectivity index (χ1) is 14.5. The van der Waals surface area contributed by atoms with Gasteiger partial charge in [-0.25, -0.2) is 0 Å². The van der Waals surface area contributed by atoms with Crippen molar-refractivity contribution in [2.24, 2.45) is 0 Å². The zero-order valence-corrected chi connectivity index (χ0v) is 18.5. The van der Waals surface area contributed by atoms with Crippen LogP contribution in [0.3, 0.4) is 0 Å². The topological polar surface area (TPSA) is 49.0 Å². The first kappa shape index (κ1) is 20.4. The average Bonchev–Trinajstić information content (AvgIpc) is 3.17. The molecule has 0 unspecified atom stereocenters. The van der Waals surface area contributed by atoms with Crippen LogP contribution in [0.1, 0.15) is 35.7 Å².